The number of hydrogen-bond acceptors (Lipinski definition) is 6. The van der Waals surface area contributed by atoms with Gasteiger partial charge in [0, 0.05) is 35.0 Å². The molecular weight excluding hydrogens is 496 g/mol. The number of benzene rings is 3. The van der Waals surface area contributed by atoms with Gasteiger partial charge in [0.05, 0.1) is 6.20 Å². The minimum Gasteiger partial charge on any atom is -0.768 e. The number of fused-ring (bicyclic) bond motifs is 2. The van der Waals surface area contributed by atoms with Gasteiger partial charge in [-0.05, 0) is 90.0 Å². The molecule has 7 rings (SSSR count). The number of rotatable bonds is 7. The van der Waals surface area contributed by atoms with Crippen LogP contribution in [0, 0.1) is 0 Å². The highest BCUT2D eigenvalue weighted by Crippen LogP contribution is 2.42. The van der Waals surface area contributed by atoms with Gasteiger partial charge >= 0.3 is 0 Å². The van der Waals surface area contributed by atoms with E-state index in [2.05, 4.69) is 22.1 Å². The van der Waals surface area contributed by atoms with E-state index in [1.54, 1.807) is 16.8 Å². The summed E-state index contributed by atoms with van der Waals surface area (Å²) in [5, 5.41) is 6.11. The highest BCUT2D eigenvalue weighted by Gasteiger charge is 2.47. The van der Waals surface area contributed by atoms with Gasteiger partial charge < -0.3 is 9.29 Å². The van der Waals surface area contributed by atoms with Gasteiger partial charge in [-0.1, -0.05) is 42.5 Å². The number of nitrogens with zero attached hydrogens (tertiary/aromatic N) is 4. The Balaban J connectivity index is 1.15. The Morgan fingerprint density at radius 3 is 2.39 bits per heavy atom. The van der Waals surface area contributed by atoms with E-state index in [0.29, 0.717) is 11.0 Å². The van der Waals surface area contributed by atoms with Gasteiger partial charge in [-0.2, -0.15) is 5.10 Å². The first-order chi connectivity index (χ1) is 18.6. The molecule has 8 heteroatoms. The van der Waals surface area contributed by atoms with Crippen molar-refractivity contribution in [2.75, 3.05) is 19.6 Å². The zero-order valence-corrected chi connectivity index (χ0v) is 21.7. The number of aromatic nitrogens is 3. The molecule has 5 aromatic rings. The van der Waals surface area contributed by atoms with Crippen molar-refractivity contribution in [3.8, 4) is 28.0 Å². The summed E-state index contributed by atoms with van der Waals surface area (Å²) in [5.74, 6) is 0.912. The largest absolute Gasteiger partial charge is 0.768 e. The Morgan fingerprint density at radius 2 is 1.66 bits per heavy atom. The van der Waals surface area contributed by atoms with Crippen LogP contribution in [0.5, 0.6) is 5.75 Å². The maximum Gasteiger partial charge on any atom is 0.162 e. The van der Waals surface area contributed by atoms with Gasteiger partial charge in [0.25, 0.3) is 0 Å². The van der Waals surface area contributed by atoms with E-state index in [-0.39, 0.29) is 10.5 Å². The second-order valence-electron chi connectivity index (χ2n) is 10.4. The summed E-state index contributed by atoms with van der Waals surface area (Å²) in [6.45, 7) is 3.41. The van der Waals surface area contributed by atoms with Gasteiger partial charge in [0.2, 0.25) is 0 Å². The molecule has 1 aliphatic carbocycles. The fourth-order valence-electron chi connectivity index (χ4n) is 5.61. The van der Waals surface area contributed by atoms with E-state index in [9.17, 15) is 8.76 Å². The van der Waals surface area contributed by atoms with Crippen LogP contribution >= 0.6 is 0 Å². The monoisotopic (exact) mass is 523 g/mol. The second kappa shape index (κ2) is 9.31. The fourth-order valence-corrected chi connectivity index (χ4v) is 6.15. The molecule has 1 aliphatic heterocycles. The third kappa shape index (κ3) is 4.28. The summed E-state index contributed by atoms with van der Waals surface area (Å²) in [6.07, 6.45) is 10.5. The lowest BCUT2D eigenvalue weighted by atomic mass is 10.00. The Bertz CT molecular complexity index is 1670. The molecule has 1 atom stereocenters. The number of likely N-dealkylation sites (tertiary alicyclic amines) is 1. The standard InChI is InChI=1S/C30H28N4O3S/c35-38(36)28-12-11-25(24-5-1-2-6-26(24)28)27-18-32-34-19-22(17-31-29(27)34)21-7-9-23(10-8-21)37-30(13-14-30)20-33-15-3-4-16-33/h1-2,5-12,17-19H,3-4,13-16,20H2,(H,35,36)/p-1. The van der Waals surface area contributed by atoms with Gasteiger partial charge in [-0.3, -0.25) is 9.11 Å². The van der Waals surface area contributed by atoms with Gasteiger partial charge in [-0.25, -0.2) is 9.50 Å². The Morgan fingerprint density at radius 1 is 0.895 bits per heavy atom. The highest BCUT2D eigenvalue weighted by molar-refractivity contribution is 7.79. The van der Waals surface area contributed by atoms with Crippen LogP contribution in [0.1, 0.15) is 25.7 Å². The molecule has 1 saturated carbocycles. The zero-order valence-electron chi connectivity index (χ0n) is 20.9. The van der Waals surface area contributed by atoms with Crippen LogP contribution in [0.4, 0.5) is 0 Å². The van der Waals surface area contributed by atoms with Gasteiger partial charge in [0.1, 0.15) is 11.4 Å². The van der Waals surface area contributed by atoms with E-state index in [1.165, 1.54) is 25.9 Å². The van der Waals surface area contributed by atoms with E-state index in [4.69, 9.17) is 9.72 Å². The van der Waals surface area contributed by atoms with E-state index < -0.39 is 11.1 Å². The van der Waals surface area contributed by atoms with Crippen molar-refractivity contribution in [1.82, 2.24) is 19.5 Å². The van der Waals surface area contributed by atoms with E-state index in [1.807, 2.05) is 54.9 Å². The van der Waals surface area contributed by atoms with Gasteiger partial charge in [-0.15, -0.1) is 0 Å². The molecule has 2 aromatic heterocycles. The Labute approximate surface area is 223 Å². The van der Waals surface area contributed by atoms with Crippen LogP contribution < -0.4 is 4.74 Å². The third-order valence-corrected chi connectivity index (χ3v) is 8.47. The van der Waals surface area contributed by atoms with Crippen molar-refractivity contribution in [2.45, 2.75) is 36.2 Å². The predicted molar refractivity (Wildman–Crippen MR) is 147 cm³/mol. The normalized spacial score (nSPS) is 17.7. The zero-order chi connectivity index (χ0) is 25.7. The minimum absolute atomic E-state index is 0.0110. The molecule has 3 heterocycles. The predicted octanol–water partition coefficient (Wildman–Crippen LogP) is 5.46. The van der Waals surface area contributed by atoms with Crippen molar-refractivity contribution in [2.24, 2.45) is 0 Å². The summed E-state index contributed by atoms with van der Waals surface area (Å²) in [7, 11) is 0. The van der Waals surface area contributed by atoms with Crippen LogP contribution in [-0.2, 0) is 11.1 Å². The number of hydrogen-bond donors (Lipinski definition) is 0. The van der Waals surface area contributed by atoms with Gasteiger partial charge in [0.15, 0.2) is 5.65 Å². The average Bonchev–Trinajstić information content (AvgIpc) is 3.30. The molecule has 2 aliphatic rings. The first kappa shape index (κ1) is 23.5. The summed E-state index contributed by atoms with van der Waals surface area (Å²) in [5.41, 5.74) is 4.46. The molecule has 0 amide bonds. The summed E-state index contributed by atoms with van der Waals surface area (Å²) < 4.78 is 31.7. The summed E-state index contributed by atoms with van der Waals surface area (Å²) in [6, 6.07) is 19.2. The summed E-state index contributed by atoms with van der Waals surface area (Å²) >= 11 is -2.31. The molecule has 1 saturated heterocycles. The number of ether oxygens (including phenoxy) is 1. The van der Waals surface area contributed by atoms with Crippen molar-refractivity contribution in [3.63, 3.8) is 0 Å². The maximum atomic E-state index is 11.7. The third-order valence-electron chi connectivity index (χ3n) is 7.75. The van der Waals surface area contributed by atoms with Crippen molar-refractivity contribution >= 4 is 27.5 Å². The fraction of sp³-hybridized carbons (Fsp3) is 0.267. The molecule has 0 radical (unpaired) electrons. The summed E-state index contributed by atoms with van der Waals surface area (Å²) in [4.78, 5) is 7.56. The average molecular weight is 524 g/mol. The van der Waals surface area contributed by atoms with Crippen molar-refractivity contribution in [3.05, 3.63) is 79.3 Å². The smallest absolute Gasteiger partial charge is 0.162 e. The lowest BCUT2D eigenvalue weighted by molar-refractivity contribution is 0.126. The van der Waals surface area contributed by atoms with Crippen LogP contribution in [0.2, 0.25) is 0 Å². The molecule has 38 heavy (non-hydrogen) atoms. The first-order valence-corrected chi connectivity index (χ1v) is 14.1. The molecular formula is C30H27N4O3S-. The minimum atomic E-state index is -2.31. The molecule has 0 spiro atoms. The van der Waals surface area contributed by atoms with Crippen molar-refractivity contribution < 1.29 is 13.5 Å². The lowest BCUT2D eigenvalue weighted by Crippen LogP contribution is -2.35. The SMILES string of the molecule is O=S([O-])c1ccc(-c2cnn3cc(-c4ccc(OC5(CN6CCCC6)CC5)cc4)cnc23)c2ccccc12. The van der Waals surface area contributed by atoms with E-state index in [0.717, 1.165) is 52.8 Å². The molecule has 192 valence electrons. The second-order valence-corrected chi connectivity index (χ2v) is 11.3. The molecule has 7 nitrogen and oxygen atoms in total. The molecule has 2 fully saturated rings. The molecule has 0 N–H and O–H groups in total. The molecule has 1 unspecified atom stereocenters. The van der Waals surface area contributed by atoms with Crippen LogP contribution in [0.25, 0.3) is 38.7 Å². The van der Waals surface area contributed by atoms with Crippen LogP contribution in [-0.4, -0.2) is 53.5 Å². The first-order valence-electron chi connectivity index (χ1n) is 13.1. The van der Waals surface area contributed by atoms with E-state index >= 15 is 0 Å². The topological polar surface area (TPSA) is 82.8 Å². The quantitative estimate of drug-likeness (QED) is 0.264. The molecule has 0 bridgehead atoms. The molecule has 3 aromatic carbocycles. The highest BCUT2D eigenvalue weighted by atomic mass is 32.2. The Kier molecular flexibility index (Phi) is 5.76. The lowest BCUT2D eigenvalue weighted by Gasteiger charge is -2.24. The van der Waals surface area contributed by atoms with Crippen molar-refractivity contribution in [1.29, 1.82) is 0 Å². The van der Waals surface area contributed by atoms with Crippen LogP contribution in [0.15, 0.2) is 84.1 Å². The van der Waals surface area contributed by atoms with Crippen LogP contribution in [0.3, 0.4) is 0 Å². The maximum absolute atomic E-state index is 11.7. The Hall–Kier alpha value is -3.59.